The monoisotopic (exact) mass is 283 g/mol. The molecule has 21 heavy (non-hydrogen) atoms. The van der Waals surface area contributed by atoms with E-state index in [1.807, 2.05) is 65.0 Å². The van der Waals surface area contributed by atoms with Crippen LogP contribution in [0, 0.1) is 0 Å². The minimum atomic E-state index is -0.0746. The molecule has 0 saturated heterocycles. The lowest BCUT2D eigenvalue weighted by molar-refractivity contribution is 0.276. The van der Waals surface area contributed by atoms with Crippen LogP contribution in [0.2, 0.25) is 0 Å². The van der Waals surface area contributed by atoms with Crippen LogP contribution in [0.25, 0.3) is 5.65 Å². The molecule has 0 saturated carbocycles. The molecule has 0 aliphatic heterocycles. The van der Waals surface area contributed by atoms with Gasteiger partial charge in [-0.05, 0) is 24.3 Å². The van der Waals surface area contributed by atoms with E-state index in [0.717, 1.165) is 28.6 Å². The number of hydrogen-bond donors (Lipinski definition) is 1. The second-order valence-electron chi connectivity index (χ2n) is 4.73. The van der Waals surface area contributed by atoms with Gasteiger partial charge >= 0.3 is 0 Å². The van der Waals surface area contributed by atoms with E-state index in [9.17, 15) is 5.11 Å². The molecule has 0 aliphatic carbocycles. The van der Waals surface area contributed by atoms with Crippen LogP contribution in [-0.2, 0) is 6.61 Å². The molecule has 1 aromatic carbocycles. The Morgan fingerprint density at radius 3 is 2.86 bits per heavy atom. The highest BCUT2D eigenvalue weighted by Crippen LogP contribution is 2.29. The number of imidazole rings is 1. The molecule has 0 radical (unpaired) electrons. The van der Waals surface area contributed by atoms with Crippen LogP contribution in [0.3, 0.4) is 0 Å². The average Bonchev–Trinajstić information content (AvgIpc) is 2.92. The van der Waals surface area contributed by atoms with Crippen molar-refractivity contribution in [1.82, 2.24) is 9.38 Å². The molecule has 0 atom stereocenters. The predicted octanol–water partition coefficient (Wildman–Crippen LogP) is 2.60. The smallest absolute Gasteiger partial charge is 0.157 e. The van der Waals surface area contributed by atoms with Crippen molar-refractivity contribution in [2.75, 3.05) is 19.1 Å². The molecule has 0 amide bonds. The number of aromatic nitrogens is 2. The summed E-state index contributed by atoms with van der Waals surface area (Å²) in [5.41, 5.74) is 2.52. The SMILES string of the molecule is COc1cccc(N(C)c2nc3ccccn3c2CO)c1. The summed E-state index contributed by atoms with van der Waals surface area (Å²) in [4.78, 5) is 6.55. The number of hydrogen-bond acceptors (Lipinski definition) is 4. The molecule has 0 unspecified atom stereocenters. The fraction of sp³-hybridized carbons (Fsp3) is 0.188. The van der Waals surface area contributed by atoms with Crippen molar-refractivity contribution in [3.63, 3.8) is 0 Å². The Hall–Kier alpha value is -2.53. The highest BCUT2D eigenvalue weighted by molar-refractivity contribution is 5.66. The Labute approximate surface area is 123 Å². The number of rotatable bonds is 4. The normalized spacial score (nSPS) is 10.8. The minimum Gasteiger partial charge on any atom is -0.497 e. The highest BCUT2D eigenvalue weighted by atomic mass is 16.5. The van der Waals surface area contributed by atoms with E-state index in [1.165, 1.54) is 0 Å². The number of anilines is 2. The van der Waals surface area contributed by atoms with E-state index in [4.69, 9.17) is 4.74 Å². The van der Waals surface area contributed by atoms with Crippen LogP contribution in [-0.4, -0.2) is 28.6 Å². The molecule has 0 aliphatic rings. The molecular formula is C16H17N3O2. The molecule has 5 heteroatoms. The minimum absolute atomic E-state index is 0.0746. The van der Waals surface area contributed by atoms with E-state index in [0.29, 0.717) is 0 Å². The van der Waals surface area contributed by atoms with Crippen LogP contribution in [0.4, 0.5) is 11.5 Å². The van der Waals surface area contributed by atoms with Crippen molar-refractivity contribution >= 4 is 17.2 Å². The van der Waals surface area contributed by atoms with Gasteiger partial charge in [0.15, 0.2) is 5.82 Å². The van der Waals surface area contributed by atoms with Gasteiger partial charge < -0.3 is 14.7 Å². The molecule has 108 valence electrons. The van der Waals surface area contributed by atoms with Crippen molar-refractivity contribution in [1.29, 1.82) is 0 Å². The second kappa shape index (κ2) is 5.46. The maximum absolute atomic E-state index is 9.69. The van der Waals surface area contributed by atoms with E-state index < -0.39 is 0 Å². The van der Waals surface area contributed by atoms with Gasteiger partial charge in [-0.2, -0.15) is 0 Å². The summed E-state index contributed by atoms with van der Waals surface area (Å²) in [5, 5.41) is 9.69. The van der Waals surface area contributed by atoms with Gasteiger partial charge in [0, 0.05) is 25.0 Å². The molecule has 2 aromatic heterocycles. The average molecular weight is 283 g/mol. The van der Waals surface area contributed by atoms with Crippen molar-refractivity contribution < 1.29 is 9.84 Å². The third kappa shape index (κ3) is 2.32. The van der Waals surface area contributed by atoms with Gasteiger partial charge in [0.25, 0.3) is 0 Å². The van der Waals surface area contributed by atoms with Crippen LogP contribution in [0.1, 0.15) is 5.69 Å². The topological polar surface area (TPSA) is 50.0 Å². The summed E-state index contributed by atoms with van der Waals surface area (Å²) in [6.07, 6.45) is 1.90. The first-order chi connectivity index (χ1) is 10.2. The third-order valence-electron chi connectivity index (χ3n) is 3.52. The van der Waals surface area contributed by atoms with Crippen molar-refractivity contribution in [3.05, 3.63) is 54.4 Å². The maximum Gasteiger partial charge on any atom is 0.157 e. The Bertz CT molecular complexity index is 767. The number of aliphatic hydroxyl groups excluding tert-OH is 1. The first-order valence-electron chi connectivity index (χ1n) is 6.69. The lowest BCUT2D eigenvalue weighted by Gasteiger charge is -2.18. The molecule has 5 nitrogen and oxygen atoms in total. The van der Waals surface area contributed by atoms with Gasteiger partial charge in [0.2, 0.25) is 0 Å². The van der Waals surface area contributed by atoms with Crippen LogP contribution < -0.4 is 9.64 Å². The Morgan fingerprint density at radius 1 is 1.24 bits per heavy atom. The van der Waals surface area contributed by atoms with Crippen LogP contribution in [0.15, 0.2) is 48.7 Å². The Balaban J connectivity index is 2.10. The van der Waals surface area contributed by atoms with Gasteiger partial charge in [0.1, 0.15) is 11.4 Å². The van der Waals surface area contributed by atoms with Gasteiger partial charge in [0.05, 0.1) is 19.4 Å². The predicted molar refractivity (Wildman–Crippen MR) is 82.2 cm³/mol. The number of benzene rings is 1. The van der Waals surface area contributed by atoms with Crippen molar-refractivity contribution in [2.24, 2.45) is 0 Å². The van der Waals surface area contributed by atoms with Crippen LogP contribution in [0.5, 0.6) is 5.75 Å². The van der Waals surface area contributed by atoms with Gasteiger partial charge in [-0.25, -0.2) is 4.98 Å². The third-order valence-corrected chi connectivity index (χ3v) is 3.52. The largest absolute Gasteiger partial charge is 0.497 e. The molecule has 3 rings (SSSR count). The summed E-state index contributed by atoms with van der Waals surface area (Å²) in [7, 11) is 3.57. The molecule has 3 aromatic rings. The molecular weight excluding hydrogens is 266 g/mol. The number of pyridine rings is 1. The van der Waals surface area contributed by atoms with E-state index >= 15 is 0 Å². The fourth-order valence-corrected chi connectivity index (χ4v) is 2.39. The zero-order valence-corrected chi connectivity index (χ0v) is 12.0. The Kier molecular flexibility index (Phi) is 3.50. The van der Waals surface area contributed by atoms with Gasteiger partial charge in [-0.15, -0.1) is 0 Å². The summed E-state index contributed by atoms with van der Waals surface area (Å²) in [5.74, 6) is 1.52. The first-order valence-corrected chi connectivity index (χ1v) is 6.69. The molecule has 0 bridgehead atoms. The molecule has 1 N–H and O–H groups in total. The molecule has 0 spiro atoms. The molecule has 0 fully saturated rings. The summed E-state index contributed by atoms with van der Waals surface area (Å²) in [6, 6.07) is 13.5. The maximum atomic E-state index is 9.69. The fourth-order valence-electron chi connectivity index (χ4n) is 2.39. The lowest BCUT2D eigenvalue weighted by Crippen LogP contribution is -2.12. The number of fused-ring (bicyclic) bond motifs is 1. The zero-order chi connectivity index (χ0) is 14.8. The molecule has 2 heterocycles. The van der Waals surface area contributed by atoms with Crippen molar-refractivity contribution in [3.8, 4) is 5.75 Å². The summed E-state index contributed by atoms with van der Waals surface area (Å²) >= 11 is 0. The highest BCUT2D eigenvalue weighted by Gasteiger charge is 2.16. The first kappa shape index (κ1) is 13.5. The number of methoxy groups -OCH3 is 1. The summed E-state index contributed by atoms with van der Waals surface area (Å²) < 4.78 is 7.15. The second-order valence-corrected chi connectivity index (χ2v) is 4.73. The van der Waals surface area contributed by atoms with Crippen molar-refractivity contribution in [2.45, 2.75) is 6.61 Å². The number of aliphatic hydroxyl groups is 1. The standard InChI is InChI=1S/C16H17N3O2/c1-18(12-6-5-7-13(10-12)21-2)16-14(11-20)19-9-4-3-8-15(19)17-16/h3-10,20H,11H2,1-2H3. The number of nitrogens with zero attached hydrogens (tertiary/aromatic N) is 3. The summed E-state index contributed by atoms with van der Waals surface area (Å²) in [6.45, 7) is -0.0746. The lowest BCUT2D eigenvalue weighted by atomic mass is 10.2. The van der Waals surface area contributed by atoms with Gasteiger partial charge in [-0.3, -0.25) is 4.40 Å². The Morgan fingerprint density at radius 2 is 2.10 bits per heavy atom. The van der Waals surface area contributed by atoms with E-state index in [1.54, 1.807) is 7.11 Å². The van der Waals surface area contributed by atoms with E-state index in [2.05, 4.69) is 4.98 Å². The zero-order valence-electron chi connectivity index (χ0n) is 12.0. The van der Waals surface area contributed by atoms with Crippen LogP contribution >= 0.6 is 0 Å². The van der Waals surface area contributed by atoms with E-state index in [-0.39, 0.29) is 6.61 Å². The number of ether oxygens (including phenoxy) is 1. The quantitative estimate of drug-likeness (QED) is 0.799. The van der Waals surface area contributed by atoms with Gasteiger partial charge in [-0.1, -0.05) is 12.1 Å².